The molecular formula is C26H41N3O6. The van der Waals surface area contributed by atoms with Gasteiger partial charge in [0.2, 0.25) is 5.91 Å². The molecule has 3 aliphatic heterocycles. The minimum Gasteiger partial charge on any atom is -0.494 e. The molecule has 3 heterocycles. The Morgan fingerprint density at radius 1 is 0.914 bits per heavy atom. The smallest absolute Gasteiger partial charge is 0.290 e. The van der Waals surface area contributed by atoms with Crippen LogP contribution in [0.2, 0.25) is 0 Å². The van der Waals surface area contributed by atoms with Crippen LogP contribution in [-0.2, 0) is 20.9 Å². The molecule has 4 rings (SSSR count). The average Bonchev–Trinajstić information content (AvgIpc) is 3.26. The van der Waals surface area contributed by atoms with Gasteiger partial charge in [0.25, 0.3) is 12.9 Å². The largest absolute Gasteiger partial charge is 0.494 e. The molecule has 0 aromatic heterocycles. The molecule has 3 fully saturated rings. The molecule has 9 heteroatoms. The van der Waals surface area contributed by atoms with Crippen LogP contribution in [0.5, 0.6) is 5.75 Å². The van der Waals surface area contributed by atoms with Crippen LogP contribution in [0.4, 0.5) is 0 Å². The van der Waals surface area contributed by atoms with E-state index in [4.69, 9.17) is 24.5 Å². The molecular weight excluding hydrogens is 450 g/mol. The van der Waals surface area contributed by atoms with Gasteiger partial charge in [-0.3, -0.25) is 19.3 Å². The van der Waals surface area contributed by atoms with E-state index in [0.29, 0.717) is 0 Å². The van der Waals surface area contributed by atoms with E-state index in [2.05, 4.69) is 39.4 Å². The van der Waals surface area contributed by atoms with Crippen molar-refractivity contribution >= 4 is 18.9 Å². The highest BCUT2D eigenvalue weighted by molar-refractivity contribution is 5.87. The van der Waals surface area contributed by atoms with E-state index in [1.54, 1.807) is 0 Å². The van der Waals surface area contributed by atoms with E-state index in [0.717, 1.165) is 64.1 Å². The second-order valence-electron chi connectivity index (χ2n) is 9.23. The summed E-state index contributed by atoms with van der Waals surface area (Å²) in [4.78, 5) is 34.3. The van der Waals surface area contributed by atoms with Crippen molar-refractivity contribution in [2.24, 2.45) is 0 Å². The van der Waals surface area contributed by atoms with Gasteiger partial charge in [-0.1, -0.05) is 18.6 Å². The number of benzene rings is 1. The van der Waals surface area contributed by atoms with Crippen LogP contribution in [-0.4, -0.2) is 83.7 Å². The minimum absolute atomic E-state index is 0.241. The Morgan fingerprint density at radius 2 is 1.57 bits per heavy atom. The molecule has 1 aromatic carbocycles. The molecule has 9 nitrogen and oxygen atoms in total. The Labute approximate surface area is 208 Å². The SMILES string of the molecule is O=C1NCCCC12CCCN2Cc1ccc(OCCCCN2CCCCC2)cc1.O=CO.O=CO. The van der Waals surface area contributed by atoms with Gasteiger partial charge in [-0.25, -0.2) is 0 Å². The van der Waals surface area contributed by atoms with Crippen molar-refractivity contribution in [2.75, 3.05) is 39.3 Å². The number of hydrogen-bond donors (Lipinski definition) is 3. The maximum Gasteiger partial charge on any atom is 0.290 e. The minimum atomic E-state index is -0.262. The number of piperidine rings is 2. The van der Waals surface area contributed by atoms with Crippen LogP contribution in [0.3, 0.4) is 0 Å². The Morgan fingerprint density at radius 3 is 2.23 bits per heavy atom. The van der Waals surface area contributed by atoms with Crippen LogP contribution in [0, 0.1) is 0 Å². The van der Waals surface area contributed by atoms with E-state index < -0.39 is 0 Å². The summed E-state index contributed by atoms with van der Waals surface area (Å²) in [6.07, 6.45) is 10.7. The zero-order chi connectivity index (χ0) is 25.4. The zero-order valence-electron chi connectivity index (χ0n) is 20.7. The lowest BCUT2D eigenvalue weighted by Gasteiger charge is -2.40. The fourth-order valence-electron chi connectivity index (χ4n) is 5.29. The second-order valence-corrected chi connectivity index (χ2v) is 9.23. The molecule has 196 valence electrons. The van der Waals surface area contributed by atoms with Crippen molar-refractivity contribution in [3.63, 3.8) is 0 Å². The Hall–Kier alpha value is -2.65. The van der Waals surface area contributed by atoms with E-state index in [-0.39, 0.29) is 24.4 Å². The number of carboxylic acid groups (broad SMARTS) is 2. The normalized spacial score (nSPS) is 22.2. The molecule has 3 saturated heterocycles. The number of carbonyl (C=O) groups excluding carboxylic acids is 1. The summed E-state index contributed by atoms with van der Waals surface area (Å²) >= 11 is 0. The third-order valence-electron chi connectivity index (χ3n) is 6.98. The number of likely N-dealkylation sites (tertiary alicyclic amines) is 2. The first-order chi connectivity index (χ1) is 17.1. The molecule has 1 aromatic rings. The van der Waals surface area contributed by atoms with Gasteiger partial charge in [-0.2, -0.15) is 0 Å². The van der Waals surface area contributed by atoms with Crippen LogP contribution < -0.4 is 10.1 Å². The summed E-state index contributed by atoms with van der Waals surface area (Å²) in [6, 6.07) is 8.50. The topological polar surface area (TPSA) is 119 Å². The molecule has 35 heavy (non-hydrogen) atoms. The van der Waals surface area contributed by atoms with Crippen molar-refractivity contribution in [3.8, 4) is 5.75 Å². The van der Waals surface area contributed by atoms with Crippen LogP contribution >= 0.6 is 0 Å². The van der Waals surface area contributed by atoms with E-state index in [1.807, 2.05) is 0 Å². The highest BCUT2D eigenvalue weighted by Crippen LogP contribution is 2.36. The van der Waals surface area contributed by atoms with Gasteiger partial charge in [-0.05, 0) is 95.2 Å². The summed E-state index contributed by atoms with van der Waals surface area (Å²) in [7, 11) is 0. The predicted octanol–water partition coefficient (Wildman–Crippen LogP) is 2.98. The number of nitrogens with one attached hydrogen (secondary N) is 1. The number of hydrogen-bond acceptors (Lipinski definition) is 6. The van der Waals surface area contributed by atoms with Gasteiger partial charge in [0.15, 0.2) is 0 Å². The number of unbranched alkanes of at least 4 members (excludes halogenated alkanes) is 1. The average molecular weight is 492 g/mol. The third kappa shape index (κ3) is 9.14. The van der Waals surface area contributed by atoms with Crippen LogP contribution in [0.1, 0.15) is 63.4 Å². The first-order valence-corrected chi connectivity index (χ1v) is 12.7. The maximum absolute atomic E-state index is 12.6. The lowest BCUT2D eigenvalue weighted by atomic mass is 9.86. The highest BCUT2D eigenvalue weighted by atomic mass is 16.5. The van der Waals surface area contributed by atoms with Crippen LogP contribution in [0.25, 0.3) is 0 Å². The van der Waals surface area contributed by atoms with E-state index in [1.165, 1.54) is 50.9 Å². The molecule has 1 spiro atoms. The molecule has 0 bridgehead atoms. The van der Waals surface area contributed by atoms with Gasteiger partial charge in [0, 0.05) is 13.1 Å². The van der Waals surface area contributed by atoms with Crippen molar-refractivity contribution < 1.29 is 29.3 Å². The summed E-state index contributed by atoms with van der Waals surface area (Å²) < 4.78 is 5.95. The Kier molecular flexibility index (Phi) is 13.2. The standard InChI is InChI=1S/C24H37N3O2.2CH2O2/c28-23-24(12-6-14-25-23)13-7-18-27(24)20-21-8-10-22(11-9-21)29-19-5-4-17-26-15-2-1-3-16-26;2*2-1-3/h8-11H,1-7,12-20H2,(H,25,28);2*1H,(H,2,3). The molecule has 1 unspecified atom stereocenters. The van der Waals surface area contributed by atoms with Crippen LogP contribution in [0.15, 0.2) is 24.3 Å². The van der Waals surface area contributed by atoms with Crippen molar-refractivity contribution in [1.29, 1.82) is 0 Å². The van der Waals surface area contributed by atoms with Crippen molar-refractivity contribution in [1.82, 2.24) is 15.1 Å². The third-order valence-corrected chi connectivity index (χ3v) is 6.98. The quantitative estimate of drug-likeness (QED) is 0.375. The summed E-state index contributed by atoms with van der Waals surface area (Å²) in [5, 5.41) is 16.9. The van der Waals surface area contributed by atoms with Gasteiger partial charge in [0.1, 0.15) is 11.3 Å². The molecule has 0 radical (unpaired) electrons. The number of carbonyl (C=O) groups is 3. The molecule has 1 atom stereocenters. The lowest BCUT2D eigenvalue weighted by Crippen LogP contribution is -2.58. The second kappa shape index (κ2) is 16.1. The first-order valence-electron chi connectivity index (χ1n) is 12.7. The summed E-state index contributed by atoms with van der Waals surface area (Å²) in [6.45, 7) is 6.77. The molecule has 0 saturated carbocycles. The van der Waals surface area contributed by atoms with Gasteiger partial charge in [0.05, 0.1) is 6.61 Å². The lowest BCUT2D eigenvalue weighted by molar-refractivity contribution is -0.135. The number of nitrogens with zero attached hydrogens (tertiary/aromatic N) is 2. The number of amides is 1. The number of ether oxygens (including phenoxy) is 1. The van der Waals surface area contributed by atoms with E-state index >= 15 is 0 Å². The Balaban J connectivity index is 0.000000655. The maximum atomic E-state index is 12.6. The molecule has 0 aliphatic carbocycles. The highest BCUT2D eigenvalue weighted by Gasteiger charge is 2.48. The number of rotatable bonds is 8. The van der Waals surface area contributed by atoms with Gasteiger partial charge in [-0.15, -0.1) is 0 Å². The molecule has 3 aliphatic rings. The van der Waals surface area contributed by atoms with Crippen molar-refractivity contribution in [2.45, 2.75) is 69.9 Å². The van der Waals surface area contributed by atoms with Crippen molar-refractivity contribution in [3.05, 3.63) is 29.8 Å². The van der Waals surface area contributed by atoms with E-state index in [9.17, 15) is 4.79 Å². The monoisotopic (exact) mass is 491 g/mol. The molecule has 3 N–H and O–H groups in total. The summed E-state index contributed by atoms with van der Waals surface area (Å²) in [5.41, 5.74) is 1.00. The van der Waals surface area contributed by atoms with Gasteiger partial charge < -0.3 is 25.2 Å². The molecule has 1 amide bonds. The van der Waals surface area contributed by atoms with Gasteiger partial charge >= 0.3 is 0 Å². The summed E-state index contributed by atoms with van der Waals surface area (Å²) in [5.74, 6) is 1.20. The fourth-order valence-corrected chi connectivity index (χ4v) is 5.29. The fraction of sp³-hybridized carbons (Fsp3) is 0.654. The first kappa shape index (κ1) is 28.6. The zero-order valence-corrected chi connectivity index (χ0v) is 20.7. The predicted molar refractivity (Wildman–Crippen MR) is 133 cm³/mol. The Bertz CT molecular complexity index is 748.